The van der Waals surface area contributed by atoms with E-state index >= 15 is 0 Å². The predicted octanol–water partition coefficient (Wildman–Crippen LogP) is 0.504. The Morgan fingerprint density at radius 2 is 1.96 bits per heavy atom. The second-order valence-corrected chi connectivity index (χ2v) is 8.07. The average molecular weight is 422 g/mol. The average Bonchev–Trinajstić information content (AvgIpc) is 2.68. The molecule has 0 aromatic carbocycles. The van der Waals surface area contributed by atoms with Crippen LogP contribution in [0.1, 0.15) is 6.92 Å². The minimum absolute atomic E-state index is 0.0780. The van der Waals surface area contributed by atoms with Crippen LogP contribution in [0.15, 0.2) is 34.4 Å². The Balaban J connectivity index is 1.78. The number of rotatable bonds is 6. The van der Waals surface area contributed by atoms with Crippen molar-refractivity contribution >= 4 is 16.0 Å². The first-order valence-corrected chi connectivity index (χ1v) is 10.3. The highest BCUT2D eigenvalue weighted by Gasteiger charge is 2.41. The molecule has 2 N–H and O–H groups in total. The number of pyridine rings is 1. The molecule has 8 nitrogen and oxygen atoms in total. The number of halogens is 3. The minimum atomic E-state index is -4.24. The molecule has 0 amide bonds. The van der Waals surface area contributed by atoms with Crippen LogP contribution in [0.25, 0.3) is 0 Å². The van der Waals surface area contributed by atoms with Gasteiger partial charge in [-0.05, 0) is 19.1 Å². The van der Waals surface area contributed by atoms with Crippen molar-refractivity contribution in [1.82, 2.24) is 24.8 Å². The minimum Gasteiger partial charge on any atom is -0.355 e. The summed E-state index contributed by atoms with van der Waals surface area (Å²) < 4.78 is 65.2. The molecule has 1 unspecified atom stereocenters. The third-order valence-corrected chi connectivity index (χ3v) is 5.94. The molecule has 0 saturated carbocycles. The summed E-state index contributed by atoms with van der Waals surface area (Å²) in [5, 5.41) is 3.03. The highest BCUT2D eigenvalue weighted by Crippen LogP contribution is 2.25. The highest BCUT2D eigenvalue weighted by atomic mass is 32.2. The third-order valence-electron chi connectivity index (χ3n) is 4.49. The summed E-state index contributed by atoms with van der Waals surface area (Å²) in [5.74, 6) is 0.528. The van der Waals surface area contributed by atoms with Crippen LogP contribution >= 0.6 is 0 Å². The fourth-order valence-electron chi connectivity index (χ4n) is 2.81. The van der Waals surface area contributed by atoms with Gasteiger partial charge in [-0.15, -0.1) is 0 Å². The molecule has 12 heteroatoms. The van der Waals surface area contributed by atoms with Gasteiger partial charge in [-0.1, -0.05) is 0 Å². The zero-order valence-corrected chi connectivity index (χ0v) is 16.6. The quantitative estimate of drug-likeness (QED) is 0.394. The van der Waals surface area contributed by atoms with Crippen LogP contribution < -0.4 is 10.0 Å². The van der Waals surface area contributed by atoms with E-state index in [1.807, 2.05) is 4.90 Å². The van der Waals surface area contributed by atoms with Crippen LogP contribution in [0, 0.1) is 0 Å². The number of aromatic nitrogens is 1. The Bertz CT molecular complexity index is 749. The van der Waals surface area contributed by atoms with E-state index in [-0.39, 0.29) is 31.1 Å². The van der Waals surface area contributed by atoms with Crippen LogP contribution in [0.4, 0.5) is 13.2 Å². The highest BCUT2D eigenvalue weighted by molar-refractivity contribution is 7.89. The van der Waals surface area contributed by atoms with Crippen LogP contribution in [0.3, 0.4) is 0 Å². The van der Waals surface area contributed by atoms with Crippen LogP contribution in [-0.4, -0.2) is 87.7 Å². The molecule has 2 heterocycles. The lowest BCUT2D eigenvalue weighted by Crippen LogP contribution is -2.57. The Labute approximate surface area is 162 Å². The maximum absolute atomic E-state index is 12.8. The van der Waals surface area contributed by atoms with E-state index in [9.17, 15) is 21.6 Å². The van der Waals surface area contributed by atoms with Crippen molar-refractivity contribution < 1.29 is 21.6 Å². The summed E-state index contributed by atoms with van der Waals surface area (Å²) in [6.45, 7) is 2.93. The van der Waals surface area contributed by atoms with Crippen molar-refractivity contribution in [1.29, 1.82) is 0 Å². The molecule has 1 aromatic heterocycles. The molecule has 0 aliphatic carbocycles. The van der Waals surface area contributed by atoms with E-state index < -0.39 is 22.2 Å². The van der Waals surface area contributed by atoms with Crippen molar-refractivity contribution in [2.75, 3.05) is 46.3 Å². The van der Waals surface area contributed by atoms with Crippen LogP contribution in [-0.2, 0) is 10.0 Å². The number of aliphatic imine (C=N–C) groups is 1. The maximum Gasteiger partial charge on any atom is 0.403 e. The van der Waals surface area contributed by atoms with Crippen molar-refractivity contribution in [3.8, 4) is 0 Å². The number of guanidine groups is 1. The standard InChI is InChI=1S/C16H25F3N6O2S/c1-13(16(17,18)19)24-8-10-25(11-9-24)15(20-2)22-6-7-23-28(26,27)14-4-3-5-21-12-14/h3-5,12-13,23H,6-11H2,1-2H3,(H,20,22). The van der Waals surface area contributed by atoms with Gasteiger partial charge in [0.05, 0.1) is 0 Å². The van der Waals surface area contributed by atoms with E-state index in [4.69, 9.17) is 0 Å². The van der Waals surface area contributed by atoms with Crippen LogP contribution in [0.5, 0.6) is 0 Å². The molecule has 1 aliphatic heterocycles. The summed E-state index contributed by atoms with van der Waals surface area (Å²) in [7, 11) is -2.06. The molecule has 0 bridgehead atoms. The molecular weight excluding hydrogens is 397 g/mol. The summed E-state index contributed by atoms with van der Waals surface area (Å²) in [6.07, 6.45) is -1.50. The molecule has 1 saturated heterocycles. The van der Waals surface area contributed by atoms with Crippen LogP contribution in [0.2, 0.25) is 0 Å². The second-order valence-electron chi connectivity index (χ2n) is 6.30. The summed E-state index contributed by atoms with van der Waals surface area (Å²) >= 11 is 0. The number of nitrogens with one attached hydrogen (secondary N) is 2. The molecule has 1 aliphatic rings. The maximum atomic E-state index is 12.8. The Morgan fingerprint density at radius 1 is 1.29 bits per heavy atom. The van der Waals surface area contributed by atoms with Crippen molar-refractivity contribution in [2.45, 2.75) is 24.0 Å². The van der Waals surface area contributed by atoms with E-state index in [0.29, 0.717) is 19.0 Å². The fourth-order valence-corrected chi connectivity index (χ4v) is 3.80. The molecule has 1 fully saturated rings. The predicted molar refractivity (Wildman–Crippen MR) is 99.5 cm³/mol. The second kappa shape index (κ2) is 9.52. The van der Waals surface area contributed by atoms with E-state index in [2.05, 4.69) is 20.0 Å². The van der Waals surface area contributed by atoms with Gasteiger partial charge in [0.2, 0.25) is 10.0 Å². The van der Waals surface area contributed by atoms with E-state index in [0.717, 1.165) is 6.92 Å². The first-order valence-electron chi connectivity index (χ1n) is 8.81. The summed E-state index contributed by atoms with van der Waals surface area (Å²) in [6, 6.07) is 1.50. The monoisotopic (exact) mass is 422 g/mol. The number of sulfonamides is 1. The molecule has 1 aromatic rings. The molecule has 0 spiro atoms. The Hall–Kier alpha value is -1.92. The third kappa shape index (κ3) is 6.04. The number of nitrogens with zero attached hydrogens (tertiary/aromatic N) is 4. The molecule has 2 rings (SSSR count). The molecule has 158 valence electrons. The van der Waals surface area contributed by atoms with Gasteiger partial charge in [0.25, 0.3) is 0 Å². The lowest BCUT2D eigenvalue weighted by atomic mass is 10.2. The SMILES string of the molecule is CN=C(NCCNS(=O)(=O)c1cccnc1)N1CCN(C(C)C(F)(F)F)CC1. The van der Waals surface area contributed by atoms with E-state index in [1.54, 1.807) is 7.05 Å². The Kier molecular flexibility index (Phi) is 7.61. The van der Waals surface area contributed by atoms with Gasteiger partial charge < -0.3 is 10.2 Å². The van der Waals surface area contributed by atoms with Gasteiger partial charge in [0.1, 0.15) is 10.9 Å². The van der Waals surface area contributed by atoms with E-state index in [1.165, 1.54) is 29.4 Å². The van der Waals surface area contributed by atoms with Gasteiger partial charge in [-0.2, -0.15) is 13.2 Å². The molecule has 28 heavy (non-hydrogen) atoms. The lowest BCUT2D eigenvalue weighted by molar-refractivity contribution is -0.181. The number of piperazine rings is 1. The van der Waals surface area contributed by atoms with Gasteiger partial charge in [0.15, 0.2) is 5.96 Å². The first kappa shape index (κ1) is 22.4. The fraction of sp³-hybridized carbons (Fsp3) is 0.625. The number of hydrogen-bond donors (Lipinski definition) is 2. The van der Waals surface area contributed by atoms with Gasteiger partial charge in [-0.3, -0.25) is 14.9 Å². The summed E-state index contributed by atoms with van der Waals surface area (Å²) in [4.78, 5) is 11.2. The van der Waals surface area contributed by atoms with Crippen molar-refractivity contribution in [2.24, 2.45) is 4.99 Å². The number of hydrogen-bond acceptors (Lipinski definition) is 5. The smallest absolute Gasteiger partial charge is 0.355 e. The molecule has 0 radical (unpaired) electrons. The van der Waals surface area contributed by atoms with Gasteiger partial charge >= 0.3 is 6.18 Å². The Morgan fingerprint density at radius 3 is 2.50 bits per heavy atom. The number of alkyl halides is 3. The lowest BCUT2D eigenvalue weighted by Gasteiger charge is -2.39. The van der Waals surface area contributed by atoms with Gasteiger partial charge in [-0.25, -0.2) is 13.1 Å². The van der Waals surface area contributed by atoms with Crippen molar-refractivity contribution in [3.05, 3.63) is 24.5 Å². The zero-order chi connectivity index (χ0) is 20.8. The molecule has 1 atom stereocenters. The normalized spacial score (nSPS) is 18.2. The van der Waals surface area contributed by atoms with Crippen molar-refractivity contribution in [3.63, 3.8) is 0 Å². The molecular formula is C16H25F3N6O2S. The van der Waals surface area contributed by atoms with Gasteiger partial charge in [0, 0.05) is 58.7 Å². The first-order chi connectivity index (χ1) is 13.1. The zero-order valence-electron chi connectivity index (χ0n) is 15.8. The largest absolute Gasteiger partial charge is 0.403 e. The summed E-state index contributed by atoms with van der Waals surface area (Å²) in [5.41, 5.74) is 0. The topological polar surface area (TPSA) is 89.9 Å².